The topological polar surface area (TPSA) is 108 Å². The molecule has 2 aliphatic rings. The number of aliphatic hydroxyl groups is 2. The lowest BCUT2D eigenvalue weighted by Gasteiger charge is -2.22. The van der Waals surface area contributed by atoms with Gasteiger partial charge >= 0.3 is 6.09 Å². The van der Waals surface area contributed by atoms with Crippen LogP contribution >= 0.6 is 0 Å². The van der Waals surface area contributed by atoms with Crippen molar-refractivity contribution in [2.45, 2.75) is 37.4 Å². The van der Waals surface area contributed by atoms with Crippen LogP contribution < -0.4 is 10.6 Å². The number of hydrogen-bond donors (Lipinski definition) is 4. The van der Waals surface area contributed by atoms with Crippen molar-refractivity contribution in [1.29, 1.82) is 0 Å². The number of rotatable bonds is 7. The molecule has 0 spiro atoms. The standard InChI is InChI=1S/C28H28N2O5/c31-25(27(33)18-9-11-24-17(15-18)10-12-26(32)30-24)13-14-29-28(34)35-16-23-21-7-3-1-5-19(21)20-6-2-4-8-22(20)23/h1-9,11,15,23,25,27,31,33H,10,12-14,16H2,(H,29,34)(H,30,32). The molecule has 4 N–H and O–H groups in total. The summed E-state index contributed by atoms with van der Waals surface area (Å²) < 4.78 is 5.51. The molecule has 3 aromatic carbocycles. The Morgan fingerprint density at radius 1 is 1.00 bits per heavy atom. The predicted octanol–water partition coefficient (Wildman–Crippen LogP) is 3.89. The Bertz CT molecular complexity index is 1210. The van der Waals surface area contributed by atoms with Gasteiger partial charge in [-0.25, -0.2) is 4.79 Å². The molecular weight excluding hydrogens is 444 g/mol. The number of benzene rings is 3. The van der Waals surface area contributed by atoms with Crippen LogP contribution in [0.15, 0.2) is 66.7 Å². The minimum atomic E-state index is -1.10. The third kappa shape index (κ3) is 4.78. The van der Waals surface area contributed by atoms with Gasteiger partial charge in [-0.15, -0.1) is 0 Å². The number of aliphatic hydroxyl groups excluding tert-OH is 2. The van der Waals surface area contributed by atoms with Crippen LogP contribution in [0.1, 0.15) is 47.1 Å². The Hall–Kier alpha value is -3.68. The van der Waals surface area contributed by atoms with Gasteiger partial charge < -0.3 is 25.6 Å². The van der Waals surface area contributed by atoms with Crippen molar-refractivity contribution >= 4 is 17.7 Å². The molecule has 0 saturated carbocycles. The minimum absolute atomic E-state index is 0.0191. The van der Waals surface area contributed by atoms with Crippen LogP contribution in [0.5, 0.6) is 0 Å². The van der Waals surface area contributed by atoms with Gasteiger partial charge in [0.25, 0.3) is 0 Å². The molecule has 0 aromatic heterocycles. The maximum atomic E-state index is 12.3. The molecule has 35 heavy (non-hydrogen) atoms. The Kier molecular flexibility index (Phi) is 6.53. The molecule has 0 fully saturated rings. The van der Waals surface area contributed by atoms with Crippen molar-refractivity contribution in [1.82, 2.24) is 5.32 Å². The van der Waals surface area contributed by atoms with E-state index in [1.165, 1.54) is 11.1 Å². The largest absolute Gasteiger partial charge is 0.449 e. The molecule has 2 atom stereocenters. The lowest BCUT2D eigenvalue weighted by Crippen LogP contribution is -2.30. The molecule has 7 nitrogen and oxygen atoms in total. The zero-order valence-electron chi connectivity index (χ0n) is 19.2. The monoisotopic (exact) mass is 472 g/mol. The Balaban J connectivity index is 1.12. The quantitative estimate of drug-likeness (QED) is 0.417. The minimum Gasteiger partial charge on any atom is -0.449 e. The van der Waals surface area contributed by atoms with Crippen molar-refractivity contribution in [2.24, 2.45) is 0 Å². The Morgan fingerprint density at radius 3 is 2.40 bits per heavy atom. The highest BCUT2D eigenvalue weighted by Crippen LogP contribution is 2.44. The van der Waals surface area contributed by atoms with Crippen molar-refractivity contribution in [2.75, 3.05) is 18.5 Å². The number of nitrogens with one attached hydrogen (secondary N) is 2. The van der Waals surface area contributed by atoms with Crippen LogP contribution in [0.3, 0.4) is 0 Å². The van der Waals surface area contributed by atoms with Gasteiger partial charge in [0.15, 0.2) is 0 Å². The van der Waals surface area contributed by atoms with E-state index in [0.29, 0.717) is 18.4 Å². The first-order valence-corrected chi connectivity index (χ1v) is 11.9. The number of fused-ring (bicyclic) bond motifs is 4. The summed E-state index contributed by atoms with van der Waals surface area (Å²) in [5, 5.41) is 26.5. The van der Waals surface area contributed by atoms with E-state index < -0.39 is 18.3 Å². The fourth-order valence-electron chi connectivity index (χ4n) is 4.94. The fourth-order valence-corrected chi connectivity index (χ4v) is 4.94. The van der Waals surface area contributed by atoms with E-state index >= 15 is 0 Å². The molecule has 1 heterocycles. The molecular formula is C28H28N2O5. The lowest BCUT2D eigenvalue weighted by atomic mass is 9.95. The van der Waals surface area contributed by atoms with Gasteiger partial charge in [-0.2, -0.15) is 0 Å². The first-order valence-electron chi connectivity index (χ1n) is 11.9. The molecule has 7 heteroatoms. The summed E-state index contributed by atoms with van der Waals surface area (Å²) in [6, 6.07) is 21.5. The second-order valence-corrected chi connectivity index (χ2v) is 9.02. The van der Waals surface area contributed by atoms with Crippen molar-refractivity contribution in [3.63, 3.8) is 0 Å². The van der Waals surface area contributed by atoms with Crippen LogP contribution in [-0.4, -0.2) is 41.5 Å². The molecule has 0 bridgehead atoms. The summed E-state index contributed by atoms with van der Waals surface area (Å²) in [5.41, 5.74) is 6.87. The average Bonchev–Trinajstić information content (AvgIpc) is 3.20. The zero-order chi connectivity index (χ0) is 24.4. The normalized spacial score (nSPS) is 15.9. The fraction of sp³-hybridized carbons (Fsp3) is 0.286. The lowest BCUT2D eigenvalue weighted by molar-refractivity contribution is -0.116. The highest BCUT2D eigenvalue weighted by Gasteiger charge is 2.29. The first-order chi connectivity index (χ1) is 17.0. The number of hydrogen-bond acceptors (Lipinski definition) is 5. The molecule has 0 radical (unpaired) electrons. The molecule has 5 rings (SSSR count). The number of anilines is 1. The van der Waals surface area contributed by atoms with Crippen molar-refractivity contribution < 1.29 is 24.5 Å². The van der Waals surface area contributed by atoms with E-state index in [-0.39, 0.29) is 31.4 Å². The van der Waals surface area contributed by atoms with Gasteiger partial charge in [0.05, 0.1) is 6.10 Å². The number of ether oxygens (including phenoxy) is 1. The second-order valence-electron chi connectivity index (χ2n) is 9.02. The van der Waals surface area contributed by atoms with E-state index in [2.05, 4.69) is 34.9 Å². The Morgan fingerprint density at radius 2 is 1.69 bits per heavy atom. The number of alkyl carbamates (subject to hydrolysis) is 1. The predicted molar refractivity (Wildman–Crippen MR) is 132 cm³/mol. The van der Waals surface area contributed by atoms with E-state index in [1.54, 1.807) is 12.1 Å². The maximum absolute atomic E-state index is 12.3. The van der Waals surface area contributed by atoms with Gasteiger partial charge in [-0.1, -0.05) is 60.7 Å². The van der Waals surface area contributed by atoms with Crippen LogP contribution in [0, 0.1) is 0 Å². The van der Waals surface area contributed by atoms with E-state index in [0.717, 1.165) is 22.4 Å². The molecule has 1 aliphatic carbocycles. The third-order valence-electron chi connectivity index (χ3n) is 6.78. The van der Waals surface area contributed by atoms with Crippen molar-refractivity contribution in [3.8, 4) is 11.1 Å². The van der Waals surface area contributed by atoms with E-state index in [9.17, 15) is 19.8 Å². The molecule has 2 unspecified atom stereocenters. The van der Waals surface area contributed by atoms with Crippen LogP contribution in [0.4, 0.5) is 10.5 Å². The maximum Gasteiger partial charge on any atom is 0.407 e. The summed E-state index contributed by atoms with van der Waals surface area (Å²) in [4.78, 5) is 23.8. The molecule has 0 saturated heterocycles. The number of carbonyl (C=O) groups is 2. The van der Waals surface area contributed by atoms with E-state index in [4.69, 9.17) is 4.74 Å². The van der Waals surface area contributed by atoms with E-state index in [1.807, 2.05) is 30.3 Å². The van der Waals surface area contributed by atoms with Gasteiger partial charge in [-0.3, -0.25) is 4.79 Å². The first kappa shape index (κ1) is 23.1. The SMILES string of the molecule is O=C1CCc2cc(C(O)C(O)CCNC(=O)OCC3c4ccccc4-c4ccccc43)ccc2N1. The van der Waals surface area contributed by atoms with Gasteiger partial charge in [0.2, 0.25) is 5.91 Å². The van der Waals surface area contributed by atoms with Gasteiger partial charge in [0.1, 0.15) is 12.7 Å². The Labute approximate surface area is 203 Å². The van der Waals surface area contributed by atoms with Crippen LogP contribution in [0.25, 0.3) is 11.1 Å². The van der Waals surface area contributed by atoms with Crippen LogP contribution in [-0.2, 0) is 16.0 Å². The third-order valence-corrected chi connectivity index (χ3v) is 6.78. The number of carbonyl (C=O) groups excluding carboxylic acids is 2. The van der Waals surface area contributed by atoms with Gasteiger partial charge in [-0.05, 0) is 52.3 Å². The summed E-state index contributed by atoms with van der Waals surface area (Å²) in [6.07, 6.45) is -1.54. The smallest absolute Gasteiger partial charge is 0.407 e. The summed E-state index contributed by atoms with van der Waals surface area (Å²) >= 11 is 0. The molecule has 1 aliphatic heterocycles. The van der Waals surface area contributed by atoms with Gasteiger partial charge in [0, 0.05) is 24.6 Å². The molecule has 2 amide bonds. The summed E-state index contributed by atoms with van der Waals surface area (Å²) in [7, 11) is 0. The molecule has 180 valence electrons. The summed E-state index contributed by atoms with van der Waals surface area (Å²) in [6.45, 7) is 0.382. The van der Waals surface area contributed by atoms with Crippen molar-refractivity contribution in [3.05, 3.63) is 89.0 Å². The van der Waals surface area contributed by atoms with Crippen LogP contribution in [0.2, 0.25) is 0 Å². The number of amides is 2. The highest BCUT2D eigenvalue weighted by atomic mass is 16.5. The second kappa shape index (κ2) is 9.90. The average molecular weight is 473 g/mol. The highest BCUT2D eigenvalue weighted by molar-refractivity contribution is 5.93. The zero-order valence-corrected chi connectivity index (χ0v) is 19.2. The molecule has 3 aromatic rings. The summed E-state index contributed by atoms with van der Waals surface area (Å²) in [5.74, 6) is -0.0421. The number of aryl methyl sites for hydroxylation is 1.